The van der Waals surface area contributed by atoms with Crippen molar-refractivity contribution >= 4 is 39.5 Å². The van der Waals surface area contributed by atoms with Gasteiger partial charge in [-0.25, -0.2) is 4.79 Å². The number of carbonyl (C=O) groups excluding carboxylic acids is 2. The van der Waals surface area contributed by atoms with Crippen molar-refractivity contribution < 1.29 is 9.59 Å². The lowest BCUT2D eigenvalue weighted by Gasteiger charge is -2.13. The highest BCUT2D eigenvalue weighted by atomic mass is 32.2. The molecule has 0 saturated heterocycles. The number of anilines is 1. The summed E-state index contributed by atoms with van der Waals surface area (Å²) in [6.45, 7) is 1.97. The van der Waals surface area contributed by atoms with Gasteiger partial charge in [0.15, 0.2) is 0 Å². The molecule has 3 rings (SSSR count). The molecule has 3 aromatic rings. The quantitative estimate of drug-likeness (QED) is 0.641. The number of fused-ring (bicyclic) bond motifs is 1. The van der Waals surface area contributed by atoms with Crippen LogP contribution in [-0.2, 0) is 6.54 Å². The molecule has 0 atom stereocenters. The van der Waals surface area contributed by atoms with Crippen LogP contribution in [0.3, 0.4) is 0 Å². The lowest BCUT2D eigenvalue weighted by Crippen LogP contribution is -2.34. The Morgan fingerprint density at radius 1 is 1.14 bits per heavy atom. The number of carbonyl (C=O) groups is 2. The van der Waals surface area contributed by atoms with Crippen LogP contribution in [0.5, 0.6) is 0 Å². The molecule has 0 bridgehead atoms. The van der Waals surface area contributed by atoms with Crippen molar-refractivity contribution in [1.29, 1.82) is 0 Å². The number of H-pyrrole nitrogens is 1. The van der Waals surface area contributed by atoms with Crippen LogP contribution in [0.2, 0.25) is 0 Å². The van der Waals surface area contributed by atoms with Gasteiger partial charge in [-0.2, -0.15) is 0 Å². The molecule has 0 spiro atoms. The molecule has 2 amide bonds. The molecule has 0 aliphatic heterocycles. The van der Waals surface area contributed by atoms with E-state index in [2.05, 4.69) is 10.3 Å². The third kappa shape index (κ3) is 4.24. The maximum absolute atomic E-state index is 12.7. The van der Waals surface area contributed by atoms with Crippen LogP contribution in [0.15, 0.2) is 56.9 Å². The lowest BCUT2D eigenvalue weighted by atomic mass is 10.1. The molecule has 0 fully saturated rings. The van der Waals surface area contributed by atoms with Crippen LogP contribution < -0.4 is 16.6 Å². The number of rotatable bonds is 4. The summed E-state index contributed by atoms with van der Waals surface area (Å²) in [4.78, 5) is 53.8. The molecule has 1 heterocycles. The maximum atomic E-state index is 12.7. The highest BCUT2D eigenvalue weighted by Gasteiger charge is 2.15. The van der Waals surface area contributed by atoms with Gasteiger partial charge in [-0.05, 0) is 49.0 Å². The molecule has 29 heavy (non-hydrogen) atoms. The number of para-hydroxylation sites is 1. The van der Waals surface area contributed by atoms with E-state index in [-0.39, 0.29) is 17.3 Å². The fourth-order valence-corrected chi connectivity index (χ4v) is 3.47. The van der Waals surface area contributed by atoms with Gasteiger partial charge in [0.1, 0.15) is 0 Å². The number of nitrogens with one attached hydrogen (secondary N) is 2. The predicted molar refractivity (Wildman–Crippen MR) is 114 cm³/mol. The van der Waals surface area contributed by atoms with E-state index >= 15 is 0 Å². The van der Waals surface area contributed by atoms with Crippen molar-refractivity contribution in [3.8, 4) is 0 Å². The first-order valence-electron chi connectivity index (χ1n) is 8.88. The highest BCUT2D eigenvalue weighted by Crippen LogP contribution is 2.29. The molecule has 1 aromatic heterocycles. The first-order chi connectivity index (χ1) is 13.8. The second-order valence-electron chi connectivity index (χ2n) is 6.45. The summed E-state index contributed by atoms with van der Waals surface area (Å²) in [6, 6.07) is 11.5. The minimum atomic E-state index is -0.522. The number of aromatic nitrogens is 2. The van der Waals surface area contributed by atoms with E-state index in [9.17, 15) is 19.2 Å². The summed E-state index contributed by atoms with van der Waals surface area (Å²) in [5, 5.41) is 2.95. The summed E-state index contributed by atoms with van der Waals surface area (Å²) in [5.74, 6) is -0.419. The highest BCUT2D eigenvalue weighted by molar-refractivity contribution is 8.13. The summed E-state index contributed by atoms with van der Waals surface area (Å²) in [5.41, 5.74) is 0.143. The zero-order chi connectivity index (χ0) is 21.1. The summed E-state index contributed by atoms with van der Waals surface area (Å²) in [7, 11) is 3.30. The van der Waals surface area contributed by atoms with Gasteiger partial charge in [-0.1, -0.05) is 12.1 Å². The molecular weight excluding hydrogens is 392 g/mol. The van der Waals surface area contributed by atoms with Gasteiger partial charge in [-0.15, -0.1) is 0 Å². The number of benzene rings is 2. The van der Waals surface area contributed by atoms with Crippen LogP contribution in [0.4, 0.5) is 10.5 Å². The van der Waals surface area contributed by atoms with Crippen LogP contribution in [-0.4, -0.2) is 39.7 Å². The first-order valence-corrected chi connectivity index (χ1v) is 9.70. The second-order valence-corrected chi connectivity index (χ2v) is 7.45. The molecule has 9 heteroatoms. The Balaban J connectivity index is 1.92. The largest absolute Gasteiger partial charge is 0.339 e. The van der Waals surface area contributed by atoms with E-state index in [1.807, 2.05) is 0 Å². The molecule has 0 aliphatic carbocycles. The van der Waals surface area contributed by atoms with E-state index in [0.29, 0.717) is 21.5 Å². The Kier molecular flexibility index (Phi) is 5.88. The van der Waals surface area contributed by atoms with E-state index in [1.54, 1.807) is 45.3 Å². The Bertz CT molecular complexity index is 1210. The molecule has 0 aliphatic rings. The second kappa shape index (κ2) is 8.36. The Morgan fingerprint density at radius 2 is 1.86 bits per heavy atom. The van der Waals surface area contributed by atoms with Crippen molar-refractivity contribution in [2.45, 2.75) is 18.4 Å². The molecule has 0 radical (unpaired) electrons. The standard InChI is InChI=1S/C20H20N4O4S/c1-4-24-18(26)13-10-9-12(11-15(13)22-19(24)27)17(25)21-14-7-5-6-8-16(14)29-20(28)23(2)3/h5-11H,4H2,1-3H3,(H,21,25)(H,22,27). The van der Waals surface area contributed by atoms with Crippen LogP contribution >= 0.6 is 11.8 Å². The monoisotopic (exact) mass is 412 g/mol. The average Bonchev–Trinajstić information content (AvgIpc) is 2.69. The molecule has 2 N–H and O–H groups in total. The topological polar surface area (TPSA) is 104 Å². The Labute approximate surface area is 170 Å². The van der Waals surface area contributed by atoms with Gasteiger partial charge in [0, 0.05) is 31.1 Å². The van der Waals surface area contributed by atoms with E-state index in [1.165, 1.54) is 23.1 Å². The Hall–Kier alpha value is -3.33. The smallest absolute Gasteiger partial charge is 0.328 e. The third-order valence-corrected chi connectivity index (χ3v) is 5.37. The number of hydrogen-bond acceptors (Lipinski definition) is 5. The van der Waals surface area contributed by atoms with Crippen LogP contribution in [0.25, 0.3) is 10.9 Å². The van der Waals surface area contributed by atoms with Gasteiger partial charge < -0.3 is 15.2 Å². The number of thioether (sulfide) groups is 1. The Morgan fingerprint density at radius 3 is 2.55 bits per heavy atom. The minimum Gasteiger partial charge on any atom is -0.339 e. The summed E-state index contributed by atoms with van der Waals surface area (Å²) < 4.78 is 1.09. The van der Waals surface area contributed by atoms with E-state index in [4.69, 9.17) is 0 Å². The van der Waals surface area contributed by atoms with Crippen LogP contribution in [0.1, 0.15) is 17.3 Å². The lowest BCUT2D eigenvalue weighted by molar-refractivity contribution is 0.102. The number of nitrogens with zero attached hydrogens (tertiary/aromatic N) is 2. The van der Waals surface area contributed by atoms with E-state index in [0.717, 1.165) is 16.3 Å². The average molecular weight is 412 g/mol. The summed E-state index contributed by atoms with van der Waals surface area (Å²) in [6.07, 6.45) is 0. The molecule has 8 nitrogen and oxygen atoms in total. The number of hydrogen-bond donors (Lipinski definition) is 2. The molecule has 150 valence electrons. The molecular formula is C20H20N4O4S. The van der Waals surface area contributed by atoms with Gasteiger partial charge >= 0.3 is 5.69 Å². The van der Waals surface area contributed by atoms with Crippen molar-refractivity contribution in [3.63, 3.8) is 0 Å². The molecule has 2 aromatic carbocycles. The fraction of sp³-hybridized carbons (Fsp3) is 0.200. The SMILES string of the molecule is CCn1c(=O)[nH]c2cc(C(=O)Nc3ccccc3SC(=O)N(C)C)ccc2c1=O. The maximum Gasteiger partial charge on any atom is 0.328 e. The third-order valence-electron chi connectivity index (χ3n) is 4.26. The summed E-state index contributed by atoms with van der Waals surface area (Å²) >= 11 is 1.01. The first kappa shape index (κ1) is 20.4. The van der Waals surface area contributed by atoms with Crippen molar-refractivity contribution in [2.24, 2.45) is 0 Å². The van der Waals surface area contributed by atoms with Crippen molar-refractivity contribution in [3.05, 3.63) is 68.9 Å². The number of aromatic amines is 1. The van der Waals surface area contributed by atoms with Gasteiger partial charge in [0.2, 0.25) is 0 Å². The zero-order valence-corrected chi connectivity index (χ0v) is 17.0. The minimum absolute atomic E-state index is 0.165. The number of amides is 2. The normalized spacial score (nSPS) is 10.7. The molecule has 0 unspecified atom stereocenters. The van der Waals surface area contributed by atoms with Gasteiger partial charge in [-0.3, -0.25) is 19.0 Å². The zero-order valence-electron chi connectivity index (χ0n) is 16.2. The fourth-order valence-electron chi connectivity index (χ4n) is 2.72. The van der Waals surface area contributed by atoms with E-state index < -0.39 is 17.2 Å². The van der Waals surface area contributed by atoms with Crippen LogP contribution in [0, 0.1) is 0 Å². The molecule has 0 saturated carbocycles. The van der Waals surface area contributed by atoms with Gasteiger partial charge in [0.25, 0.3) is 16.7 Å². The van der Waals surface area contributed by atoms with Gasteiger partial charge in [0.05, 0.1) is 16.6 Å². The predicted octanol–water partition coefficient (Wildman–Crippen LogP) is 2.74. The van der Waals surface area contributed by atoms with Crippen molar-refractivity contribution in [2.75, 3.05) is 19.4 Å². The van der Waals surface area contributed by atoms with Crippen molar-refractivity contribution in [1.82, 2.24) is 14.5 Å².